The standard InChI is InChI=1S/C9H7ClO3S2/c1-5-9(15(11,12)13)7-4-6(10)2-3-8(7)14-5/h2-4H,1H3,(H,11,12,13). The smallest absolute Gasteiger partial charge is 0.282 e. The topological polar surface area (TPSA) is 54.4 Å². The van der Waals surface area contributed by atoms with Crippen LogP contribution >= 0.6 is 22.9 Å². The van der Waals surface area contributed by atoms with Crippen LogP contribution in [0, 0.1) is 6.92 Å². The summed E-state index contributed by atoms with van der Waals surface area (Å²) in [6, 6.07) is 4.97. The van der Waals surface area contributed by atoms with Crippen LogP contribution in [0.5, 0.6) is 0 Å². The maximum absolute atomic E-state index is 11.2. The van der Waals surface area contributed by atoms with Crippen LogP contribution in [0.2, 0.25) is 5.02 Å². The molecule has 0 aliphatic rings. The summed E-state index contributed by atoms with van der Waals surface area (Å²) in [5, 5.41) is 0.928. The van der Waals surface area contributed by atoms with Crippen LogP contribution in [0.3, 0.4) is 0 Å². The van der Waals surface area contributed by atoms with Gasteiger partial charge in [-0.3, -0.25) is 4.55 Å². The molecule has 3 nitrogen and oxygen atoms in total. The van der Waals surface area contributed by atoms with Gasteiger partial charge in [0, 0.05) is 20.0 Å². The van der Waals surface area contributed by atoms with Crippen LogP contribution in [0.15, 0.2) is 23.1 Å². The van der Waals surface area contributed by atoms with E-state index in [0.29, 0.717) is 15.3 Å². The minimum Gasteiger partial charge on any atom is -0.282 e. The zero-order valence-corrected chi connectivity index (χ0v) is 10.1. The molecule has 0 saturated carbocycles. The molecule has 0 aliphatic heterocycles. The summed E-state index contributed by atoms with van der Waals surface area (Å²) in [7, 11) is -4.18. The van der Waals surface area contributed by atoms with E-state index in [1.54, 1.807) is 25.1 Å². The predicted octanol–water partition coefficient (Wildman–Crippen LogP) is 3.11. The summed E-state index contributed by atoms with van der Waals surface area (Å²) in [6.07, 6.45) is 0. The van der Waals surface area contributed by atoms with Crippen LogP contribution in [0.4, 0.5) is 0 Å². The molecule has 0 atom stereocenters. The Hall–Kier alpha value is -0.620. The second-order valence-corrected chi connectivity index (χ2v) is 6.15. The lowest BCUT2D eigenvalue weighted by Gasteiger charge is -1.96. The van der Waals surface area contributed by atoms with E-state index in [1.165, 1.54) is 11.3 Å². The highest BCUT2D eigenvalue weighted by Gasteiger charge is 2.20. The number of hydrogen-bond acceptors (Lipinski definition) is 3. The fraction of sp³-hybridized carbons (Fsp3) is 0.111. The Labute approximate surface area is 96.1 Å². The van der Waals surface area contributed by atoms with E-state index in [-0.39, 0.29) is 4.90 Å². The average Bonchev–Trinajstić information content (AvgIpc) is 2.38. The molecule has 0 saturated heterocycles. The molecule has 0 amide bonds. The molecule has 1 aromatic heterocycles. The SMILES string of the molecule is Cc1sc2ccc(Cl)cc2c1S(=O)(=O)O. The van der Waals surface area contributed by atoms with Gasteiger partial charge in [0.25, 0.3) is 10.1 Å². The van der Waals surface area contributed by atoms with Crippen LogP contribution in [-0.4, -0.2) is 13.0 Å². The molecule has 0 unspecified atom stereocenters. The molecular weight excluding hydrogens is 256 g/mol. The lowest BCUT2D eigenvalue weighted by atomic mass is 10.2. The van der Waals surface area contributed by atoms with Crippen molar-refractivity contribution in [3.05, 3.63) is 28.1 Å². The molecule has 1 aromatic carbocycles. The van der Waals surface area contributed by atoms with Crippen molar-refractivity contribution in [3.8, 4) is 0 Å². The largest absolute Gasteiger partial charge is 0.296 e. The molecule has 2 rings (SSSR count). The summed E-state index contributed by atoms with van der Waals surface area (Å²) in [6.45, 7) is 1.65. The Morgan fingerprint density at radius 3 is 2.67 bits per heavy atom. The molecule has 1 heterocycles. The highest BCUT2D eigenvalue weighted by atomic mass is 35.5. The maximum Gasteiger partial charge on any atom is 0.296 e. The van der Waals surface area contributed by atoms with E-state index >= 15 is 0 Å². The first-order chi connectivity index (χ1) is 6.89. The number of hydrogen-bond donors (Lipinski definition) is 1. The molecule has 15 heavy (non-hydrogen) atoms. The zero-order chi connectivity index (χ0) is 11.2. The van der Waals surface area contributed by atoms with E-state index in [9.17, 15) is 8.42 Å². The van der Waals surface area contributed by atoms with Crippen molar-refractivity contribution >= 4 is 43.1 Å². The van der Waals surface area contributed by atoms with Crippen molar-refractivity contribution in [2.24, 2.45) is 0 Å². The number of thiophene rings is 1. The minimum absolute atomic E-state index is 0.0370. The Bertz CT molecular complexity index is 628. The van der Waals surface area contributed by atoms with Crippen LogP contribution in [0.1, 0.15) is 4.88 Å². The van der Waals surface area contributed by atoms with Gasteiger partial charge in [-0.05, 0) is 25.1 Å². The summed E-state index contributed by atoms with van der Waals surface area (Å²) >= 11 is 7.09. The quantitative estimate of drug-likeness (QED) is 0.804. The number of rotatable bonds is 1. The molecule has 0 bridgehead atoms. The van der Waals surface area contributed by atoms with Gasteiger partial charge in [0.2, 0.25) is 0 Å². The van der Waals surface area contributed by atoms with Gasteiger partial charge in [-0.2, -0.15) is 8.42 Å². The molecule has 2 aromatic rings. The summed E-state index contributed by atoms with van der Waals surface area (Å²) in [4.78, 5) is 0.528. The summed E-state index contributed by atoms with van der Waals surface area (Å²) in [5.74, 6) is 0. The fourth-order valence-corrected chi connectivity index (χ4v) is 3.92. The van der Waals surface area contributed by atoms with E-state index in [2.05, 4.69) is 0 Å². The summed E-state index contributed by atoms with van der Waals surface area (Å²) < 4.78 is 32.2. The van der Waals surface area contributed by atoms with Crippen molar-refractivity contribution in [1.82, 2.24) is 0 Å². The molecule has 0 radical (unpaired) electrons. The molecular formula is C9H7ClO3S2. The number of halogens is 1. The van der Waals surface area contributed by atoms with Crippen molar-refractivity contribution in [2.75, 3.05) is 0 Å². The third-order valence-corrected chi connectivity index (χ3v) is 4.52. The van der Waals surface area contributed by atoms with E-state index in [4.69, 9.17) is 16.2 Å². The molecule has 0 spiro atoms. The number of fused-ring (bicyclic) bond motifs is 1. The lowest BCUT2D eigenvalue weighted by molar-refractivity contribution is 0.484. The number of benzene rings is 1. The third-order valence-electron chi connectivity index (χ3n) is 2.03. The normalized spacial score (nSPS) is 12.2. The highest BCUT2D eigenvalue weighted by molar-refractivity contribution is 7.86. The molecule has 0 fully saturated rings. The van der Waals surface area contributed by atoms with Gasteiger partial charge < -0.3 is 0 Å². The Morgan fingerprint density at radius 1 is 1.40 bits per heavy atom. The molecule has 6 heteroatoms. The predicted molar refractivity (Wildman–Crippen MR) is 61.4 cm³/mol. The molecule has 80 valence electrons. The lowest BCUT2D eigenvalue weighted by Crippen LogP contribution is -1.98. The first-order valence-corrected chi connectivity index (χ1v) is 6.69. The van der Waals surface area contributed by atoms with E-state index in [1.807, 2.05) is 0 Å². The van der Waals surface area contributed by atoms with Crippen LogP contribution in [-0.2, 0) is 10.1 Å². The second kappa shape index (κ2) is 3.45. The zero-order valence-electron chi connectivity index (χ0n) is 7.69. The Kier molecular flexibility index (Phi) is 2.50. The fourth-order valence-electron chi connectivity index (χ4n) is 1.49. The van der Waals surface area contributed by atoms with Crippen LogP contribution in [0.25, 0.3) is 10.1 Å². The first-order valence-electron chi connectivity index (χ1n) is 4.06. The maximum atomic E-state index is 11.2. The Morgan fingerprint density at radius 2 is 2.07 bits per heavy atom. The first kappa shape index (κ1) is 10.9. The van der Waals surface area contributed by atoms with Crippen molar-refractivity contribution in [3.63, 3.8) is 0 Å². The van der Waals surface area contributed by atoms with Crippen LogP contribution < -0.4 is 0 Å². The molecule has 0 aliphatic carbocycles. The van der Waals surface area contributed by atoms with Gasteiger partial charge in [0.15, 0.2) is 0 Å². The van der Waals surface area contributed by atoms with Gasteiger partial charge >= 0.3 is 0 Å². The second-order valence-electron chi connectivity index (χ2n) is 3.10. The van der Waals surface area contributed by atoms with E-state index in [0.717, 1.165) is 4.70 Å². The van der Waals surface area contributed by atoms with Crippen molar-refractivity contribution in [2.45, 2.75) is 11.8 Å². The summed E-state index contributed by atoms with van der Waals surface area (Å²) in [5.41, 5.74) is 0. The van der Waals surface area contributed by atoms with Crippen molar-refractivity contribution in [1.29, 1.82) is 0 Å². The van der Waals surface area contributed by atoms with Gasteiger partial charge in [-0.25, -0.2) is 0 Å². The van der Waals surface area contributed by atoms with Crippen molar-refractivity contribution < 1.29 is 13.0 Å². The van der Waals surface area contributed by atoms with Gasteiger partial charge in [-0.1, -0.05) is 11.6 Å². The van der Waals surface area contributed by atoms with Gasteiger partial charge in [0.05, 0.1) is 0 Å². The minimum atomic E-state index is -4.18. The number of aryl methyl sites for hydroxylation is 1. The monoisotopic (exact) mass is 262 g/mol. The van der Waals surface area contributed by atoms with E-state index < -0.39 is 10.1 Å². The average molecular weight is 263 g/mol. The highest BCUT2D eigenvalue weighted by Crippen LogP contribution is 2.35. The third kappa shape index (κ3) is 1.88. The van der Waals surface area contributed by atoms with Gasteiger partial charge in [0.1, 0.15) is 4.90 Å². The Balaban J connectivity index is 2.95. The molecule has 1 N–H and O–H groups in total. The van der Waals surface area contributed by atoms with Gasteiger partial charge in [-0.15, -0.1) is 11.3 Å².